The normalized spacial score (nSPS) is 11.2. The van der Waals surface area contributed by atoms with Gasteiger partial charge in [0.15, 0.2) is 5.69 Å². The fraction of sp³-hybridized carbons (Fsp3) is 0.556. The summed E-state index contributed by atoms with van der Waals surface area (Å²) >= 11 is 0. The second-order valence-corrected chi connectivity index (χ2v) is 3.92. The van der Waals surface area contributed by atoms with Gasteiger partial charge in [0.25, 0.3) is 0 Å². The Kier molecular flexibility index (Phi) is 1.93. The Balaban J connectivity index is 3.19. The van der Waals surface area contributed by atoms with Gasteiger partial charge in [0.1, 0.15) is 11.9 Å². The van der Waals surface area contributed by atoms with Crippen LogP contribution in [0.25, 0.3) is 0 Å². The molecule has 64 valence electrons. The molecular formula is C9H13N3. The number of hydrogen-bond acceptors (Lipinski definition) is 2. The quantitative estimate of drug-likeness (QED) is 0.582. The van der Waals surface area contributed by atoms with Crippen molar-refractivity contribution in [3.63, 3.8) is 0 Å². The molecule has 1 aromatic heterocycles. The van der Waals surface area contributed by atoms with Crippen LogP contribution in [0, 0.1) is 11.3 Å². The molecule has 0 saturated heterocycles. The van der Waals surface area contributed by atoms with E-state index in [1.54, 1.807) is 6.20 Å². The zero-order chi connectivity index (χ0) is 9.35. The molecule has 0 radical (unpaired) electrons. The Morgan fingerprint density at radius 3 is 2.33 bits per heavy atom. The lowest BCUT2D eigenvalue weighted by Crippen LogP contribution is -2.17. The first-order chi connectivity index (χ1) is 5.45. The SMILES string of the molecule is Cn1cc(C#N)nc1C(C)(C)C. The van der Waals surface area contributed by atoms with E-state index >= 15 is 0 Å². The van der Waals surface area contributed by atoms with Gasteiger partial charge < -0.3 is 4.57 Å². The minimum atomic E-state index is 0.00382. The third-order valence-corrected chi connectivity index (χ3v) is 1.66. The zero-order valence-electron chi connectivity index (χ0n) is 7.92. The highest BCUT2D eigenvalue weighted by Gasteiger charge is 2.19. The summed E-state index contributed by atoms with van der Waals surface area (Å²) in [5, 5.41) is 8.62. The Bertz CT molecular complexity index is 323. The Morgan fingerprint density at radius 2 is 2.08 bits per heavy atom. The van der Waals surface area contributed by atoms with Gasteiger partial charge in [-0.15, -0.1) is 0 Å². The van der Waals surface area contributed by atoms with Crippen LogP contribution in [0.15, 0.2) is 6.20 Å². The molecule has 0 aromatic carbocycles. The van der Waals surface area contributed by atoms with Gasteiger partial charge >= 0.3 is 0 Å². The van der Waals surface area contributed by atoms with Crippen molar-refractivity contribution < 1.29 is 0 Å². The van der Waals surface area contributed by atoms with Crippen LogP contribution in [0.4, 0.5) is 0 Å². The molecule has 0 aliphatic heterocycles. The van der Waals surface area contributed by atoms with Crippen molar-refractivity contribution in [3.05, 3.63) is 17.7 Å². The number of imidazole rings is 1. The topological polar surface area (TPSA) is 41.6 Å². The van der Waals surface area contributed by atoms with Crippen LogP contribution in [0.3, 0.4) is 0 Å². The van der Waals surface area contributed by atoms with E-state index in [9.17, 15) is 0 Å². The highest BCUT2D eigenvalue weighted by Crippen LogP contribution is 2.20. The summed E-state index contributed by atoms with van der Waals surface area (Å²) < 4.78 is 1.90. The average molecular weight is 163 g/mol. The van der Waals surface area contributed by atoms with E-state index in [2.05, 4.69) is 25.8 Å². The largest absolute Gasteiger partial charge is 0.336 e. The monoisotopic (exact) mass is 163 g/mol. The molecule has 12 heavy (non-hydrogen) atoms. The van der Waals surface area contributed by atoms with Crippen molar-refractivity contribution in [1.29, 1.82) is 5.26 Å². The summed E-state index contributed by atoms with van der Waals surface area (Å²) in [6.07, 6.45) is 1.75. The molecule has 0 unspecified atom stereocenters. The maximum Gasteiger partial charge on any atom is 0.158 e. The molecular weight excluding hydrogens is 150 g/mol. The lowest BCUT2D eigenvalue weighted by atomic mass is 9.96. The third-order valence-electron chi connectivity index (χ3n) is 1.66. The fourth-order valence-corrected chi connectivity index (χ4v) is 1.22. The van der Waals surface area contributed by atoms with Gasteiger partial charge in [0.05, 0.1) is 0 Å². The summed E-state index contributed by atoms with van der Waals surface area (Å²) in [6.45, 7) is 6.24. The van der Waals surface area contributed by atoms with Crippen molar-refractivity contribution >= 4 is 0 Å². The van der Waals surface area contributed by atoms with Crippen LogP contribution in [0.1, 0.15) is 32.3 Å². The molecule has 1 heterocycles. The summed E-state index contributed by atoms with van der Waals surface area (Å²) in [5.41, 5.74) is 0.492. The summed E-state index contributed by atoms with van der Waals surface area (Å²) in [4.78, 5) is 4.20. The number of nitrogens with zero attached hydrogens (tertiary/aromatic N) is 3. The summed E-state index contributed by atoms with van der Waals surface area (Å²) in [6, 6.07) is 2.03. The van der Waals surface area contributed by atoms with Crippen molar-refractivity contribution in [2.24, 2.45) is 7.05 Å². The third kappa shape index (κ3) is 1.48. The number of rotatable bonds is 0. The highest BCUT2D eigenvalue weighted by molar-refractivity contribution is 5.21. The first-order valence-electron chi connectivity index (χ1n) is 3.89. The van der Waals surface area contributed by atoms with Gasteiger partial charge in [-0.05, 0) is 0 Å². The zero-order valence-corrected chi connectivity index (χ0v) is 7.92. The fourth-order valence-electron chi connectivity index (χ4n) is 1.22. The smallest absolute Gasteiger partial charge is 0.158 e. The van der Waals surface area contributed by atoms with E-state index in [4.69, 9.17) is 5.26 Å². The summed E-state index contributed by atoms with van der Waals surface area (Å²) in [7, 11) is 1.91. The lowest BCUT2D eigenvalue weighted by molar-refractivity contribution is 0.522. The van der Waals surface area contributed by atoms with Crippen LogP contribution < -0.4 is 0 Å². The maximum atomic E-state index is 8.62. The first-order valence-corrected chi connectivity index (χ1v) is 3.89. The van der Waals surface area contributed by atoms with Crippen molar-refractivity contribution in [2.45, 2.75) is 26.2 Å². The van der Waals surface area contributed by atoms with Gasteiger partial charge in [-0.2, -0.15) is 5.26 Å². The van der Waals surface area contributed by atoms with Crippen molar-refractivity contribution in [3.8, 4) is 6.07 Å². The van der Waals surface area contributed by atoms with Crippen molar-refractivity contribution in [2.75, 3.05) is 0 Å². The predicted octanol–water partition coefficient (Wildman–Crippen LogP) is 1.59. The lowest BCUT2D eigenvalue weighted by Gasteiger charge is -2.16. The average Bonchev–Trinajstić information content (AvgIpc) is 2.29. The van der Waals surface area contributed by atoms with E-state index in [1.807, 2.05) is 17.7 Å². The number of aromatic nitrogens is 2. The van der Waals surface area contributed by atoms with E-state index in [0.717, 1.165) is 5.82 Å². The minimum absolute atomic E-state index is 0.00382. The predicted molar refractivity (Wildman–Crippen MR) is 46.6 cm³/mol. The molecule has 0 aliphatic carbocycles. The van der Waals surface area contributed by atoms with Gasteiger partial charge in [-0.3, -0.25) is 0 Å². The molecule has 0 fully saturated rings. The van der Waals surface area contributed by atoms with Gasteiger partial charge in [0.2, 0.25) is 0 Å². The molecule has 3 nitrogen and oxygen atoms in total. The molecule has 0 bridgehead atoms. The molecule has 0 aliphatic rings. The van der Waals surface area contributed by atoms with Crippen LogP contribution >= 0.6 is 0 Å². The highest BCUT2D eigenvalue weighted by atomic mass is 15.1. The number of aryl methyl sites for hydroxylation is 1. The molecule has 0 atom stereocenters. The first kappa shape index (κ1) is 8.79. The van der Waals surface area contributed by atoms with Gasteiger partial charge in [-0.1, -0.05) is 20.8 Å². The van der Waals surface area contributed by atoms with E-state index in [0.29, 0.717) is 5.69 Å². The number of hydrogen-bond donors (Lipinski definition) is 0. The molecule has 0 amide bonds. The van der Waals surface area contributed by atoms with Crippen molar-refractivity contribution in [1.82, 2.24) is 9.55 Å². The van der Waals surface area contributed by atoms with E-state index in [-0.39, 0.29) is 5.41 Å². The second kappa shape index (κ2) is 2.63. The molecule has 0 N–H and O–H groups in total. The van der Waals surface area contributed by atoms with Crippen LogP contribution in [0.2, 0.25) is 0 Å². The number of nitriles is 1. The van der Waals surface area contributed by atoms with E-state index in [1.165, 1.54) is 0 Å². The molecule has 1 aromatic rings. The standard InChI is InChI=1S/C9H13N3/c1-9(2,3)8-11-7(5-10)6-12(8)4/h6H,1-4H3. The maximum absolute atomic E-state index is 8.62. The van der Waals surface area contributed by atoms with Crippen LogP contribution in [-0.2, 0) is 12.5 Å². The second-order valence-electron chi connectivity index (χ2n) is 3.92. The Hall–Kier alpha value is -1.30. The molecule has 3 heteroatoms. The summed E-state index contributed by atoms with van der Waals surface area (Å²) in [5.74, 6) is 0.944. The van der Waals surface area contributed by atoms with Crippen LogP contribution in [0.5, 0.6) is 0 Å². The Morgan fingerprint density at radius 1 is 1.50 bits per heavy atom. The molecule has 1 rings (SSSR count). The van der Waals surface area contributed by atoms with Gasteiger partial charge in [0, 0.05) is 18.7 Å². The van der Waals surface area contributed by atoms with Gasteiger partial charge in [-0.25, -0.2) is 4.98 Å². The molecule has 0 spiro atoms. The van der Waals surface area contributed by atoms with Crippen LogP contribution in [-0.4, -0.2) is 9.55 Å². The van der Waals surface area contributed by atoms with E-state index < -0.39 is 0 Å². The Labute approximate surface area is 72.7 Å². The molecule has 0 saturated carbocycles. The minimum Gasteiger partial charge on any atom is -0.336 e.